The fourth-order valence-corrected chi connectivity index (χ4v) is 2.40. The Hall–Kier alpha value is -3.28. The number of carbonyl (C=O) groups excluding carboxylic acids is 1. The van der Waals surface area contributed by atoms with E-state index in [4.69, 9.17) is 5.73 Å². The van der Waals surface area contributed by atoms with Gasteiger partial charge in [-0.2, -0.15) is 0 Å². The Balaban J connectivity index is 1.61. The van der Waals surface area contributed by atoms with Gasteiger partial charge in [0.05, 0.1) is 5.69 Å². The second kappa shape index (κ2) is 7.53. The van der Waals surface area contributed by atoms with Crippen LogP contribution in [0.3, 0.4) is 0 Å². The molecule has 0 aliphatic carbocycles. The number of carbonyl (C=O) groups is 1. The summed E-state index contributed by atoms with van der Waals surface area (Å²) in [5, 5.41) is 11.5. The van der Waals surface area contributed by atoms with Crippen LogP contribution in [-0.2, 0) is 6.42 Å². The molecule has 126 valence electrons. The van der Waals surface area contributed by atoms with Crippen molar-refractivity contribution in [2.24, 2.45) is 5.73 Å². The highest BCUT2D eigenvalue weighted by Crippen LogP contribution is 2.18. The van der Waals surface area contributed by atoms with Crippen LogP contribution < -0.4 is 11.1 Å². The van der Waals surface area contributed by atoms with Crippen molar-refractivity contribution in [2.45, 2.75) is 6.42 Å². The highest BCUT2D eigenvalue weighted by Gasteiger charge is 2.05. The standard InChI is InChI=1S/C19H17FN4O/c20-16-6-4-13(5-7-16)10-11-22-18-9-8-17(23-24-18)14-2-1-3-15(12-14)19(21)25/h1-9,12H,10-11H2,(H2,21,25)(H,22,24). The fraction of sp³-hybridized carbons (Fsp3) is 0.105. The summed E-state index contributed by atoms with van der Waals surface area (Å²) in [6, 6.07) is 17.0. The van der Waals surface area contributed by atoms with E-state index in [1.54, 1.807) is 30.3 Å². The Kier molecular flexibility index (Phi) is 4.99. The molecule has 6 heteroatoms. The van der Waals surface area contributed by atoms with Crippen LogP contribution in [0.2, 0.25) is 0 Å². The normalized spacial score (nSPS) is 10.4. The molecule has 3 rings (SSSR count). The average molecular weight is 336 g/mol. The third kappa shape index (κ3) is 4.38. The highest BCUT2D eigenvalue weighted by atomic mass is 19.1. The molecule has 1 aromatic heterocycles. The second-order valence-corrected chi connectivity index (χ2v) is 5.55. The fourth-order valence-electron chi connectivity index (χ4n) is 2.40. The lowest BCUT2D eigenvalue weighted by Crippen LogP contribution is -2.10. The van der Waals surface area contributed by atoms with Crippen molar-refractivity contribution in [2.75, 3.05) is 11.9 Å². The van der Waals surface area contributed by atoms with Crippen LogP contribution in [0.15, 0.2) is 60.7 Å². The van der Waals surface area contributed by atoms with Gasteiger partial charge in [-0.05, 0) is 48.4 Å². The minimum atomic E-state index is -0.478. The van der Waals surface area contributed by atoms with Crippen LogP contribution >= 0.6 is 0 Å². The predicted octanol–water partition coefficient (Wildman–Crippen LogP) is 3.04. The van der Waals surface area contributed by atoms with Crippen molar-refractivity contribution >= 4 is 11.7 Å². The Bertz CT molecular complexity index is 863. The number of anilines is 1. The number of nitrogens with two attached hydrogens (primary N) is 1. The second-order valence-electron chi connectivity index (χ2n) is 5.55. The van der Waals surface area contributed by atoms with Gasteiger partial charge in [0.2, 0.25) is 5.91 Å². The number of nitrogens with zero attached hydrogens (tertiary/aromatic N) is 2. The number of halogens is 1. The van der Waals surface area contributed by atoms with Gasteiger partial charge in [-0.3, -0.25) is 4.79 Å². The maximum Gasteiger partial charge on any atom is 0.248 e. The quantitative estimate of drug-likeness (QED) is 0.725. The molecule has 0 bridgehead atoms. The van der Waals surface area contributed by atoms with Gasteiger partial charge in [-0.1, -0.05) is 24.3 Å². The minimum Gasteiger partial charge on any atom is -0.368 e. The van der Waals surface area contributed by atoms with Crippen LogP contribution in [0.1, 0.15) is 15.9 Å². The maximum atomic E-state index is 12.9. The Morgan fingerprint density at radius 3 is 2.52 bits per heavy atom. The van der Waals surface area contributed by atoms with Gasteiger partial charge in [-0.15, -0.1) is 10.2 Å². The molecule has 0 spiro atoms. The van der Waals surface area contributed by atoms with Crippen molar-refractivity contribution in [1.82, 2.24) is 10.2 Å². The van der Waals surface area contributed by atoms with Gasteiger partial charge in [0.25, 0.3) is 0 Å². The monoisotopic (exact) mass is 336 g/mol. The lowest BCUT2D eigenvalue weighted by Gasteiger charge is -2.06. The van der Waals surface area contributed by atoms with Crippen molar-refractivity contribution in [3.8, 4) is 11.3 Å². The van der Waals surface area contributed by atoms with Crippen LogP contribution in [0.5, 0.6) is 0 Å². The van der Waals surface area contributed by atoms with Crippen molar-refractivity contribution < 1.29 is 9.18 Å². The molecule has 2 aromatic carbocycles. The van der Waals surface area contributed by atoms with E-state index in [-0.39, 0.29) is 5.82 Å². The zero-order valence-electron chi connectivity index (χ0n) is 13.4. The molecule has 1 amide bonds. The SMILES string of the molecule is NC(=O)c1cccc(-c2ccc(NCCc3ccc(F)cc3)nn2)c1. The molecule has 3 N–H and O–H groups in total. The van der Waals surface area contributed by atoms with Crippen molar-refractivity contribution in [1.29, 1.82) is 0 Å². The van der Waals surface area contributed by atoms with Gasteiger partial charge in [0.1, 0.15) is 11.6 Å². The van der Waals surface area contributed by atoms with Crippen LogP contribution in [-0.4, -0.2) is 22.6 Å². The largest absolute Gasteiger partial charge is 0.368 e. The Morgan fingerprint density at radius 2 is 1.84 bits per heavy atom. The van der Waals surface area contributed by atoms with Gasteiger partial charge >= 0.3 is 0 Å². The van der Waals surface area contributed by atoms with E-state index in [2.05, 4.69) is 15.5 Å². The molecule has 5 nitrogen and oxygen atoms in total. The molecule has 0 atom stereocenters. The van der Waals surface area contributed by atoms with E-state index < -0.39 is 5.91 Å². The molecule has 0 unspecified atom stereocenters. The summed E-state index contributed by atoms with van der Waals surface area (Å²) in [6.45, 7) is 0.664. The molecular weight excluding hydrogens is 319 g/mol. The summed E-state index contributed by atoms with van der Waals surface area (Å²) in [6.07, 6.45) is 0.754. The van der Waals surface area contributed by atoms with Crippen LogP contribution in [0.25, 0.3) is 11.3 Å². The summed E-state index contributed by atoms with van der Waals surface area (Å²) in [4.78, 5) is 11.2. The lowest BCUT2D eigenvalue weighted by atomic mass is 10.1. The van der Waals surface area contributed by atoms with E-state index in [1.165, 1.54) is 12.1 Å². The third-order valence-electron chi connectivity index (χ3n) is 3.74. The number of rotatable bonds is 6. The number of benzene rings is 2. The zero-order chi connectivity index (χ0) is 17.6. The molecule has 3 aromatic rings. The summed E-state index contributed by atoms with van der Waals surface area (Å²) >= 11 is 0. The Labute approximate surface area is 144 Å². The lowest BCUT2D eigenvalue weighted by molar-refractivity contribution is 0.100. The van der Waals surface area contributed by atoms with E-state index in [0.717, 1.165) is 17.5 Å². The third-order valence-corrected chi connectivity index (χ3v) is 3.74. The molecule has 0 saturated carbocycles. The molecule has 0 aliphatic heterocycles. The number of primary amides is 1. The number of amides is 1. The van der Waals surface area contributed by atoms with E-state index in [1.807, 2.05) is 18.2 Å². The number of hydrogen-bond acceptors (Lipinski definition) is 4. The van der Waals surface area contributed by atoms with Crippen LogP contribution in [0, 0.1) is 5.82 Å². The first-order valence-corrected chi connectivity index (χ1v) is 7.84. The van der Waals surface area contributed by atoms with Crippen LogP contribution in [0.4, 0.5) is 10.2 Å². The molecular formula is C19H17FN4O. The highest BCUT2D eigenvalue weighted by molar-refractivity contribution is 5.93. The van der Waals surface area contributed by atoms with Gasteiger partial charge in [0.15, 0.2) is 0 Å². The smallest absolute Gasteiger partial charge is 0.248 e. The van der Waals surface area contributed by atoms with Gasteiger partial charge in [-0.25, -0.2) is 4.39 Å². The Morgan fingerprint density at radius 1 is 1.04 bits per heavy atom. The van der Waals surface area contributed by atoms with E-state index in [9.17, 15) is 9.18 Å². The van der Waals surface area contributed by atoms with Crippen molar-refractivity contribution in [3.05, 3.63) is 77.6 Å². The summed E-state index contributed by atoms with van der Waals surface area (Å²) in [7, 11) is 0. The summed E-state index contributed by atoms with van der Waals surface area (Å²) in [5.41, 5.74) is 8.20. The van der Waals surface area contributed by atoms with Gasteiger partial charge < -0.3 is 11.1 Å². The van der Waals surface area contributed by atoms with E-state index in [0.29, 0.717) is 23.6 Å². The van der Waals surface area contributed by atoms with Gasteiger partial charge in [0, 0.05) is 17.7 Å². The first-order valence-electron chi connectivity index (χ1n) is 7.84. The first-order chi connectivity index (χ1) is 12.1. The molecule has 0 saturated heterocycles. The molecule has 1 heterocycles. The predicted molar refractivity (Wildman–Crippen MR) is 94.6 cm³/mol. The summed E-state index contributed by atoms with van der Waals surface area (Å²) in [5.74, 6) is -0.0654. The summed E-state index contributed by atoms with van der Waals surface area (Å²) < 4.78 is 12.9. The number of aromatic nitrogens is 2. The molecule has 0 radical (unpaired) electrons. The maximum absolute atomic E-state index is 12.9. The average Bonchev–Trinajstić information content (AvgIpc) is 2.64. The number of nitrogens with one attached hydrogen (secondary N) is 1. The molecule has 0 aliphatic rings. The van der Waals surface area contributed by atoms with Crippen molar-refractivity contribution in [3.63, 3.8) is 0 Å². The molecule has 0 fully saturated rings. The number of hydrogen-bond donors (Lipinski definition) is 2. The minimum absolute atomic E-state index is 0.237. The molecule has 25 heavy (non-hydrogen) atoms. The topological polar surface area (TPSA) is 80.9 Å². The zero-order valence-corrected chi connectivity index (χ0v) is 13.4. The first kappa shape index (κ1) is 16.6. The van der Waals surface area contributed by atoms with E-state index >= 15 is 0 Å².